The fourth-order valence-corrected chi connectivity index (χ4v) is 2.77. The Morgan fingerprint density at radius 1 is 1.06 bits per heavy atom. The van der Waals surface area contributed by atoms with E-state index >= 15 is 0 Å². The second-order valence-corrected chi connectivity index (χ2v) is 6.68. The zero-order valence-electron chi connectivity index (χ0n) is 17.2. The van der Waals surface area contributed by atoms with Crippen LogP contribution in [-0.4, -0.2) is 19.0 Å². The van der Waals surface area contributed by atoms with E-state index in [4.69, 9.17) is 4.74 Å². The number of amides is 1. The van der Waals surface area contributed by atoms with E-state index in [2.05, 4.69) is 10.1 Å². The van der Waals surface area contributed by atoms with E-state index < -0.39 is 11.9 Å². The van der Waals surface area contributed by atoms with Gasteiger partial charge in [0, 0.05) is 5.69 Å². The standard InChI is InChI=1S/C25H19FN2O4/c1-31-25(30)19-7-9-22(10-8-19)28-24(29)20(15-27)13-17-5-11-23(12-6-17)32-16-18-3-2-4-21(26)14-18/h2-14H,16H2,1H3,(H,28,29)/b20-13+. The van der Waals surface area contributed by atoms with Crippen molar-refractivity contribution < 1.29 is 23.5 Å². The van der Waals surface area contributed by atoms with Gasteiger partial charge in [0.2, 0.25) is 0 Å². The molecule has 0 unspecified atom stereocenters. The van der Waals surface area contributed by atoms with Crippen LogP contribution in [0.5, 0.6) is 5.75 Å². The Kier molecular flexibility index (Phi) is 7.33. The van der Waals surface area contributed by atoms with E-state index in [0.717, 1.165) is 0 Å². The molecule has 0 aliphatic carbocycles. The summed E-state index contributed by atoms with van der Waals surface area (Å²) < 4.78 is 23.5. The van der Waals surface area contributed by atoms with Crippen LogP contribution in [0.3, 0.4) is 0 Å². The molecule has 0 spiro atoms. The highest BCUT2D eigenvalue weighted by Crippen LogP contribution is 2.18. The number of hydrogen-bond donors (Lipinski definition) is 1. The van der Waals surface area contributed by atoms with Crippen LogP contribution in [-0.2, 0) is 16.1 Å². The first-order valence-electron chi connectivity index (χ1n) is 9.57. The monoisotopic (exact) mass is 430 g/mol. The molecule has 3 aromatic rings. The summed E-state index contributed by atoms with van der Waals surface area (Å²) in [7, 11) is 1.28. The number of nitrogens with zero attached hydrogens (tertiary/aromatic N) is 1. The van der Waals surface area contributed by atoms with Crippen LogP contribution < -0.4 is 10.1 Å². The lowest BCUT2D eigenvalue weighted by atomic mass is 10.1. The first-order valence-corrected chi connectivity index (χ1v) is 9.57. The molecular formula is C25H19FN2O4. The first-order chi connectivity index (χ1) is 15.5. The van der Waals surface area contributed by atoms with Crippen molar-refractivity contribution in [2.75, 3.05) is 12.4 Å². The van der Waals surface area contributed by atoms with E-state index in [1.807, 2.05) is 6.07 Å². The summed E-state index contributed by atoms with van der Waals surface area (Å²) in [6, 6.07) is 21.0. The van der Waals surface area contributed by atoms with Crippen LogP contribution in [0.1, 0.15) is 21.5 Å². The fourth-order valence-electron chi connectivity index (χ4n) is 2.77. The molecule has 160 valence electrons. The molecule has 0 saturated heterocycles. The minimum atomic E-state index is -0.579. The van der Waals surface area contributed by atoms with Gasteiger partial charge in [-0.2, -0.15) is 5.26 Å². The van der Waals surface area contributed by atoms with Gasteiger partial charge >= 0.3 is 5.97 Å². The number of rotatable bonds is 7. The van der Waals surface area contributed by atoms with Gasteiger partial charge in [0.05, 0.1) is 12.7 Å². The number of anilines is 1. The molecule has 0 atom stereocenters. The van der Waals surface area contributed by atoms with Crippen LogP contribution >= 0.6 is 0 Å². The molecule has 1 amide bonds. The number of ether oxygens (including phenoxy) is 2. The largest absolute Gasteiger partial charge is 0.489 e. The summed E-state index contributed by atoms with van der Waals surface area (Å²) in [6.45, 7) is 0.216. The van der Waals surface area contributed by atoms with Crippen LogP contribution in [0, 0.1) is 17.1 Å². The van der Waals surface area contributed by atoms with Crippen molar-refractivity contribution in [2.45, 2.75) is 6.61 Å². The maximum atomic E-state index is 13.2. The van der Waals surface area contributed by atoms with Crippen molar-refractivity contribution >= 4 is 23.6 Å². The Bertz CT molecular complexity index is 1180. The topological polar surface area (TPSA) is 88.4 Å². The molecule has 7 heteroatoms. The van der Waals surface area contributed by atoms with Crippen LogP contribution in [0.25, 0.3) is 6.08 Å². The first kappa shape index (κ1) is 22.2. The normalized spacial score (nSPS) is 10.7. The predicted molar refractivity (Wildman–Crippen MR) is 117 cm³/mol. The average Bonchev–Trinajstić information content (AvgIpc) is 2.82. The molecule has 1 N–H and O–H groups in total. The highest BCUT2D eigenvalue weighted by atomic mass is 19.1. The second kappa shape index (κ2) is 10.5. The summed E-state index contributed by atoms with van der Waals surface area (Å²) in [5, 5.41) is 12.0. The molecule has 0 heterocycles. The highest BCUT2D eigenvalue weighted by Gasteiger charge is 2.11. The quantitative estimate of drug-likeness (QED) is 0.332. The summed E-state index contributed by atoms with van der Waals surface area (Å²) in [5.41, 5.74) is 2.04. The van der Waals surface area contributed by atoms with Gasteiger partial charge in [-0.3, -0.25) is 4.79 Å². The van der Waals surface area contributed by atoms with Gasteiger partial charge in [-0.05, 0) is 65.7 Å². The molecule has 0 fully saturated rings. The third-order valence-corrected chi connectivity index (χ3v) is 4.41. The second-order valence-electron chi connectivity index (χ2n) is 6.68. The van der Waals surface area contributed by atoms with Gasteiger partial charge in [-0.25, -0.2) is 9.18 Å². The number of nitriles is 1. The van der Waals surface area contributed by atoms with Crippen molar-refractivity contribution in [1.82, 2.24) is 0 Å². The summed E-state index contributed by atoms with van der Waals surface area (Å²) >= 11 is 0. The van der Waals surface area contributed by atoms with Crippen LogP contribution in [0.15, 0.2) is 78.4 Å². The lowest BCUT2D eigenvalue weighted by Crippen LogP contribution is -2.13. The smallest absolute Gasteiger partial charge is 0.337 e. The average molecular weight is 430 g/mol. The summed E-state index contributed by atoms with van der Waals surface area (Å²) in [4.78, 5) is 23.9. The molecule has 0 saturated carbocycles. The van der Waals surface area contributed by atoms with E-state index in [1.165, 1.54) is 37.5 Å². The molecule has 0 aliphatic heterocycles. The summed E-state index contributed by atoms with van der Waals surface area (Å²) in [5.74, 6) is -0.818. The summed E-state index contributed by atoms with van der Waals surface area (Å²) in [6.07, 6.45) is 1.45. The van der Waals surface area contributed by atoms with Gasteiger partial charge in [-0.1, -0.05) is 24.3 Å². The lowest BCUT2D eigenvalue weighted by Gasteiger charge is -2.07. The predicted octanol–water partition coefficient (Wildman–Crippen LogP) is 4.74. The number of benzene rings is 3. The van der Waals surface area contributed by atoms with E-state index in [1.54, 1.807) is 48.5 Å². The minimum Gasteiger partial charge on any atom is -0.489 e. The Morgan fingerprint density at radius 3 is 2.41 bits per heavy atom. The van der Waals surface area contributed by atoms with Crippen molar-refractivity contribution in [2.24, 2.45) is 0 Å². The molecule has 0 aromatic heterocycles. The number of carbonyl (C=O) groups excluding carboxylic acids is 2. The van der Waals surface area contributed by atoms with Gasteiger partial charge in [0.25, 0.3) is 5.91 Å². The highest BCUT2D eigenvalue weighted by molar-refractivity contribution is 6.09. The van der Waals surface area contributed by atoms with Crippen molar-refractivity contribution in [3.8, 4) is 11.8 Å². The van der Waals surface area contributed by atoms with Crippen LogP contribution in [0.4, 0.5) is 10.1 Å². The lowest BCUT2D eigenvalue weighted by molar-refractivity contribution is -0.112. The molecule has 32 heavy (non-hydrogen) atoms. The Balaban J connectivity index is 1.63. The van der Waals surface area contributed by atoms with Gasteiger partial charge in [-0.15, -0.1) is 0 Å². The molecule has 3 rings (SSSR count). The van der Waals surface area contributed by atoms with E-state index in [0.29, 0.717) is 28.1 Å². The molecule has 6 nitrogen and oxygen atoms in total. The Morgan fingerprint density at radius 2 is 1.78 bits per heavy atom. The van der Waals surface area contributed by atoms with Crippen molar-refractivity contribution in [3.05, 3.63) is 101 Å². The Labute approximate surface area is 184 Å². The number of esters is 1. The Hall–Kier alpha value is -4.44. The molecule has 0 bridgehead atoms. The number of halogens is 1. The van der Waals surface area contributed by atoms with Gasteiger partial charge in [0.1, 0.15) is 29.8 Å². The molecule has 3 aromatic carbocycles. The number of hydrogen-bond acceptors (Lipinski definition) is 5. The number of methoxy groups -OCH3 is 1. The SMILES string of the molecule is COC(=O)c1ccc(NC(=O)/C(C#N)=C/c2ccc(OCc3cccc(F)c3)cc2)cc1. The van der Waals surface area contributed by atoms with Crippen LogP contribution in [0.2, 0.25) is 0 Å². The van der Waals surface area contributed by atoms with Gasteiger partial charge < -0.3 is 14.8 Å². The zero-order valence-corrected chi connectivity index (χ0v) is 17.2. The molecular weight excluding hydrogens is 411 g/mol. The number of carbonyl (C=O) groups is 2. The fraction of sp³-hybridized carbons (Fsp3) is 0.0800. The molecule has 0 aliphatic rings. The molecule has 0 radical (unpaired) electrons. The van der Waals surface area contributed by atoms with Crippen molar-refractivity contribution in [3.63, 3.8) is 0 Å². The maximum absolute atomic E-state index is 13.2. The third kappa shape index (κ3) is 6.03. The van der Waals surface area contributed by atoms with E-state index in [-0.39, 0.29) is 18.0 Å². The van der Waals surface area contributed by atoms with E-state index in [9.17, 15) is 19.2 Å². The maximum Gasteiger partial charge on any atom is 0.337 e. The number of nitrogens with one attached hydrogen (secondary N) is 1. The van der Waals surface area contributed by atoms with Crippen molar-refractivity contribution in [1.29, 1.82) is 5.26 Å². The zero-order chi connectivity index (χ0) is 22.9. The third-order valence-electron chi connectivity index (χ3n) is 4.41. The van der Waals surface area contributed by atoms with Gasteiger partial charge in [0.15, 0.2) is 0 Å². The minimum absolute atomic E-state index is 0.0875.